The third-order valence-electron chi connectivity index (χ3n) is 5.53. The van der Waals surface area contributed by atoms with Gasteiger partial charge in [-0.2, -0.15) is 0 Å². The predicted octanol–water partition coefficient (Wildman–Crippen LogP) is 4.30. The molecule has 5 heteroatoms. The molecular formula is C20H28BrFN2O. The Labute approximate surface area is 158 Å². The first-order valence-corrected chi connectivity index (χ1v) is 10.2. The number of carbonyl (C=O) groups is 1. The number of hydrogen-bond donors (Lipinski definition) is 0. The zero-order chi connectivity index (χ0) is 18.0. The molecule has 2 fully saturated rings. The molecule has 0 saturated carbocycles. The Morgan fingerprint density at radius 1 is 1.20 bits per heavy atom. The molecule has 2 aliphatic rings. The minimum Gasteiger partial charge on any atom is -0.342 e. The van der Waals surface area contributed by atoms with Crippen LogP contribution in [-0.2, 0) is 11.3 Å². The second-order valence-electron chi connectivity index (χ2n) is 7.98. The predicted molar refractivity (Wildman–Crippen MR) is 102 cm³/mol. The topological polar surface area (TPSA) is 23.6 Å². The number of nitrogens with zero attached hydrogens (tertiary/aromatic N) is 2. The number of halogens is 2. The SMILES string of the molecule is CC1CC(C)CN(C(=O)C2CCN(Cc3ccc(Br)cc3F)CC2)C1. The van der Waals surface area contributed by atoms with Gasteiger partial charge in [-0.25, -0.2) is 4.39 Å². The van der Waals surface area contributed by atoms with Crippen molar-refractivity contribution in [3.05, 3.63) is 34.1 Å². The van der Waals surface area contributed by atoms with E-state index in [4.69, 9.17) is 0 Å². The molecule has 1 amide bonds. The molecule has 0 N–H and O–H groups in total. The highest BCUT2D eigenvalue weighted by atomic mass is 79.9. The normalized spacial score (nSPS) is 26.0. The van der Waals surface area contributed by atoms with E-state index in [1.165, 1.54) is 12.5 Å². The molecular weight excluding hydrogens is 383 g/mol. The van der Waals surface area contributed by atoms with Crippen LogP contribution in [0.1, 0.15) is 38.7 Å². The second kappa shape index (κ2) is 8.17. The standard InChI is InChI=1S/C20H28BrFN2O/c1-14-9-15(2)12-24(11-14)20(25)16-5-7-23(8-6-16)13-17-3-4-18(21)10-19(17)22/h3-4,10,14-16H,5-9,11-13H2,1-2H3. The van der Waals surface area contributed by atoms with Crippen molar-refractivity contribution in [2.24, 2.45) is 17.8 Å². The van der Waals surface area contributed by atoms with Gasteiger partial charge in [-0.05, 0) is 56.3 Å². The number of carbonyl (C=O) groups excluding carboxylic acids is 1. The van der Waals surface area contributed by atoms with Crippen molar-refractivity contribution in [3.8, 4) is 0 Å². The highest BCUT2D eigenvalue weighted by molar-refractivity contribution is 9.10. The third kappa shape index (κ3) is 4.82. The lowest BCUT2D eigenvalue weighted by atomic mass is 9.89. The quantitative estimate of drug-likeness (QED) is 0.741. The lowest BCUT2D eigenvalue weighted by molar-refractivity contribution is -0.139. The maximum atomic E-state index is 14.0. The number of amides is 1. The lowest BCUT2D eigenvalue weighted by Gasteiger charge is -2.39. The van der Waals surface area contributed by atoms with E-state index in [0.717, 1.165) is 49.1 Å². The molecule has 3 rings (SSSR count). The van der Waals surface area contributed by atoms with Crippen molar-refractivity contribution in [1.82, 2.24) is 9.80 Å². The van der Waals surface area contributed by atoms with E-state index in [-0.39, 0.29) is 11.7 Å². The summed E-state index contributed by atoms with van der Waals surface area (Å²) in [6.07, 6.45) is 2.99. The summed E-state index contributed by atoms with van der Waals surface area (Å²) in [7, 11) is 0. The van der Waals surface area contributed by atoms with Crippen LogP contribution in [0.5, 0.6) is 0 Å². The Kier molecular flexibility index (Phi) is 6.16. The van der Waals surface area contributed by atoms with Crippen LogP contribution in [0.25, 0.3) is 0 Å². The van der Waals surface area contributed by atoms with Crippen LogP contribution in [-0.4, -0.2) is 41.9 Å². The molecule has 1 aromatic rings. The summed E-state index contributed by atoms with van der Waals surface area (Å²) in [6, 6.07) is 5.24. The van der Waals surface area contributed by atoms with Gasteiger partial charge in [0, 0.05) is 35.6 Å². The molecule has 2 unspecified atom stereocenters. The van der Waals surface area contributed by atoms with Crippen molar-refractivity contribution >= 4 is 21.8 Å². The van der Waals surface area contributed by atoms with Crippen LogP contribution in [0.3, 0.4) is 0 Å². The van der Waals surface area contributed by atoms with Gasteiger partial charge >= 0.3 is 0 Å². The molecule has 138 valence electrons. The molecule has 2 aliphatic heterocycles. The molecule has 25 heavy (non-hydrogen) atoms. The van der Waals surface area contributed by atoms with Crippen LogP contribution in [0.2, 0.25) is 0 Å². The fraction of sp³-hybridized carbons (Fsp3) is 0.650. The van der Waals surface area contributed by atoms with Gasteiger partial charge in [-0.1, -0.05) is 35.8 Å². The van der Waals surface area contributed by atoms with E-state index < -0.39 is 0 Å². The molecule has 2 atom stereocenters. The summed E-state index contributed by atoms with van der Waals surface area (Å²) in [4.78, 5) is 17.2. The fourth-order valence-electron chi connectivity index (χ4n) is 4.33. The Bertz CT molecular complexity index is 606. The summed E-state index contributed by atoms with van der Waals surface area (Å²) in [5, 5.41) is 0. The Morgan fingerprint density at radius 3 is 2.44 bits per heavy atom. The first-order chi connectivity index (χ1) is 11.9. The molecule has 0 aliphatic carbocycles. The largest absolute Gasteiger partial charge is 0.342 e. The highest BCUT2D eigenvalue weighted by Gasteiger charge is 2.32. The average molecular weight is 411 g/mol. The summed E-state index contributed by atoms with van der Waals surface area (Å²) in [5.74, 6) is 1.53. The Hall–Kier alpha value is -0.940. The van der Waals surface area contributed by atoms with Crippen molar-refractivity contribution in [3.63, 3.8) is 0 Å². The van der Waals surface area contributed by atoms with Gasteiger partial charge in [0.05, 0.1) is 0 Å². The van der Waals surface area contributed by atoms with Crippen LogP contribution in [0.4, 0.5) is 4.39 Å². The van der Waals surface area contributed by atoms with E-state index in [1.807, 2.05) is 12.1 Å². The van der Waals surface area contributed by atoms with Gasteiger partial charge < -0.3 is 4.90 Å². The van der Waals surface area contributed by atoms with Crippen molar-refractivity contribution in [2.75, 3.05) is 26.2 Å². The van der Waals surface area contributed by atoms with Gasteiger partial charge in [0.1, 0.15) is 5.82 Å². The maximum absolute atomic E-state index is 14.0. The number of likely N-dealkylation sites (tertiary alicyclic amines) is 2. The van der Waals surface area contributed by atoms with E-state index in [0.29, 0.717) is 24.3 Å². The number of hydrogen-bond acceptors (Lipinski definition) is 2. The smallest absolute Gasteiger partial charge is 0.225 e. The monoisotopic (exact) mass is 410 g/mol. The average Bonchev–Trinajstić information content (AvgIpc) is 2.56. The van der Waals surface area contributed by atoms with E-state index in [2.05, 4.69) is 39.6 Å². The lowest BCUT2D eigenvalue weighted by Crippen LogP contribution is -2.47. The van der Waals surface area contributed by atoms with Crippen LogP contribution < -0.4 is 0 Å². The molecule has 1 aromatic carbocycles. The Morgan fingerprint density at radius 2 is 1.84 bits per heavy atom. The van der Waals surface area contributed by atoms with Crippen molar-refractivity contribution in [1.29, 1.82) is 0 Å². The first kappa shape index (κ1) is 18.8. The second-order valence-corrected chi connectivity index (χ2v) is 8.89. The highest BCUT2D eigenvalue weighted by Crippen LogP contribution is 2.27. The zero-order valence-corrected chi connectivity index (χ0v) is 16.8. The van der Waals surface area contributed by atoms with E-state index >= 15 is 0 Å². The summed E-state index contributed by atoms with van der Waals surface area (Å²) in [5.41, 5.74) is 0.728. The van der Waals surface area contributed by atoms with E-state index in [1.54, 1.807) is 0 Å². The first-order valence-electron chi connectivity index (χ1n) is 9.37. The number of benzene rings is 1. The summed E-state index contributed by atoms with van der Waals surface area (Å²) in [6.45, 7) is 8.66. The molecule has 0 spiro atoms. The van der Waals surface area contributed by atoms with Crippen molar-refractivity contribution in [2.45, 2.75) is 39.7 Å². The van der Waals surface area contributed by atoms with Gasteiger partial charge in [-0.3, -0.25) is 9.69 Å². The van der Waals surface area contributed by atoms with Crippen LogP contribution >= 0.6 is 15.9 Å². The molecule has 0 radical (unpaired) electrons. The minimum absolute atomic E-state index is 0.142. The van der Waals surface area contributed by atoms with Gasteiger partial charge in [-0.15, -0.1) is 0 Å². The maximum Gasteiger partial charge on any atom is 0.225 e. The van der Waals surface area contributed by atoms with Crippen molar-refractivity contribution < 1.29 is 9.18 Å². The van der Waals surface area contributed by atoms with Gasteiger partial charge in [0.2, 0.25) is 5.91 Å². The molecule has 3 nitrogen and oxygen atoms in total. The van der Waals surface area contributed by atoms with Gasteiger partial charge in [0.25, 0.3) is 0 Å². The van der Waals surface area contributed by atoms with Gasteiger partial charge in [0.15, 0.2) is 0 Å². The summed E-state index contributed by atoms with van der Waals surface area (Å²) < 4.78 is 14.8. The number of rotatable bonds is 3. The zero-order valence-electron chi connectivity index (χ0n) is 15.2. The fourth-order valence-corrected chi connectivity index (χ4v) is 4.66. The summed E-state index contributed by atoms with van der Waals surface area (Å²) >= 11 is 3.30. The number of piperidine rings is 2. The molecule has 2 saturated heterocycles. The van der Waals surface area contributed by atoms with Crippen LogP contribution in [0, 0.1) is 23.6 Å². The molecule has 0 bridgehead atoms. The van der Waals surface area contributed by atoms with Crippen LogP contribution in [0.15, 0.2) is 22.7 Å². The third-order valence-corrected chi connectivity index (χ3v) is 6.02. The minimum atomic E-state index is -0.163. The Balaban J connectivity index is 1.52. The molecule has 2 heterocycles. The van der Waals surface area contributed by atoms with E-state index in [9.17, 15) is 9.18 Å². The molecule has 0 aromatic heterocycles.